The molecule has 1 fully saturated rings. The van der Waals surface area contributed by atoms with Gasteiger partial charge in [0.15, 0.2) is 0 Å². The van der Waals surface area contributed by atoms with Crippen LogP contribution in [0.1, 0.15) is 25.0 Å². The second kappa shape index (κ2) is 4.55. The molecule has 0 atom stereocenters. The Hall–Kier alpha value is -1.52. The van der Waals surface area contributed by atoms with E-state index >= 15 is 0 Å². The van der Waals surface area contributed by atoms with Crippen molar-refractivity contribution in [2.24, 2.45) is 7.05 Å². The molecule has 1 aliphatic carbocycles. The quantitative estimate of drug-likeness (QED) is 0.775. The standard InChI is InChI=1S/C11H18N4O/c1-8-10(7-15(2)14-8)12-6-5-11(16)13-9-3-4-9/h7,9,12H,3-6H2,1-2H3,(H,13,16). The van der Waals surface area contributed by atoms with Gasteiger partial charge in [-0.3, -0.25) is 9.48 Å². The molecule has 2 N–H and O–H groups in total. The first-order valence-electron chi connectivity index (χ1n) is 5.68. The molecule has 0 unspecified atom stereocenters. The first-order valence-corrected chi connectivity index (χ1v) is 5.68. The minimum atomic E-state index is 0.136. The average molecular weight is 222 g/mol. The Kier molecular flexibility index (Phi) is 3.12. The molecule has 0 saturated heterocycles. The molecule has 0 bridgehead atoms. The molecule has 1 aromatic rings. The zero-order chi connectivity index (χ0) is 11.5. The molecule has 1 aliphatic rings. The van der Waals surface area contributed by atoms with Crippen molar-refractivity contribution in [1.29, 1.82) is 0 Å². The summed E-state index contributed by atoms with van der Waals surface area (Å²) in [7, 11) is 1.89. The summed E-state index contributed by atoms with van der Waals surface area (Å²) < 4.78 is 1.77. The van der Waals surface area contributed by atoms with Crippen LogP contribution < -0.4 is 10.6 Å². The van der Waals surface area contributed by atoms with Crippen molar-refractivity contribution >= 4 is 11.6 Å². The number of hydrogen-bond acceptors (Lipinski definition) is 3. The number of carbonyl (C=O) groups is 1. The van der Waals surface area contributed by atoms with Crippen LogP contribution in [0.15, 0.2) is 6.20 Å². The number of aryl methyl sites for hydroxylation is 2. The highest BCUT2D eigenvalue weighted by molar-refractivity contribution is 5.77. The predicted octanol–water partition coefficient (Wildman–Crippen LogP) is 0.809. The van der Waals surface area contributed by atoms with Crippen LogP contribution in [0, 0.1) is 6.92 Å². The lowest BCUT2D eigenvalue weighted by atomic mass is 10.3. The Morgan fingerprint density at radius 1 is 1.62 bits per heavy atom. The Morgan fingerprint density at radius 2 is 2.38 bits per heavy atom. The van der Waals surface area contributed by atoms with E-state index in [4.69, 9.17) is 0 Å². The molecule has 5 nitrogen and oxygen atoms in total. The van der Waals surface area contributed by atoms with Gasteiger partial charge in [-0.1, -0.05) is 0 Å². The van der Waals surface area contributed by atoms with Gasteiger partial charge < -0.3 is 10.6 Å². The average Bonchev–Trinajstić information content (AvgIpc) is 2.94. The van der Waals surface area contributed by atoms with E-state index in [0.29, 0.717) is 19.0 Å². The zero-order valence-electron chi connectivity index (χ0n) is 9.79. The molecule has 88 valence electrons. The molecule has 1 amide bonds. The summed E-state index contributed by atoms with van der Waals surface area (Å²) in [5, 5.41) is 10.4. The van der Waals surface area contributed by atoms with Gasteiger partial charge in [0, 0.05) is 32.3 Å². The van der Waals surface area contributed by atoms with Gasteiger partial charge in [-0.25, -0.2) is 0 Å². The molecule has 0 spiro atoms. The van der Waals surface area contributed by atoms with Crippen LogP contribution in [0.5, 0.6) is 0 Å². The highest BCUT2D eigenvalue weighted by Gasteiger charge is 2.22. The predicted molar refractivity (Wildman–Crippen MR) is 62.2 cm³/mol. The third-order valence-electron chi connectivity index (χ3n) is 2.62. The van der Waals surface area contributed by atoms with Crippen molar-refractivity contribution in [3.63, 3.8) is 0 Å². The van der Waals surface area contributed by atoms with Crippen molar-refractivity contribution in [2.75, 3.05) is 11.9 Å². The second-order valence-corrected chi connectivity index (χ2v) is 4.32. The van der Waals surface area contributed by atoms with E-state index in [1.807, 2.05) is 20.2 Å². The summed E-state index contributed by atoms with van der Waals surface area (Å²) >= 11 is 0. The van der Waals surface area contributed by atoms with Gasteiger partial charge in [0.2, 0.25) is 5.91 Å². The van der Waals surface area contributed by atoms with E-state index in [1.165, 1.54) is 0 Å². The Bertz CT molecular complexity index is 381. The van der Waals surface area contributed by atoms with E-state index < -0.39 is 0 Å². The third-order valence-corrected chi connectivity index (χ3v) is 2.62. The number of carbonyl (C=O) groups excluding carboxylic acids is 1. The van der Waals surface area contributed by atoms with E-state index in [9.17, 15) is 4.79 Å². The largest absolute Gasteiger partial charge is 0.382 e. The first kappa shape index (κ1) is 11.0. The van der Waals surface area contributed by atoms with E-state index in [1.54, 1.807) is 4.68 Å². The SMILES string of the molecule is Cc1nn(C)cc1NCCC(=O)NC1CC1. The van der Waals surface area contributed by atoms with Gasteiger partial charge in [0.05, 0.1) is 11.4 Å². The van der Waals surface area contributed by atoms with Crippen LogP contribution in [0.2, 0.25) is 0 Å². The van der Waals surface area contributed by atoms with Crippen molar-refractivity contribution in [2.45, 2.75) is 32.2 Å². The molecule has 0 aromatic carbocycles. The molecule has 1 heterocycles. The number of rotatable bonds is 5. The van der Waals surface area contributed by atoms with Gasteiger partial charge in [-0.2, -0.15) is 5.10 Å². The maximum atomic E-state index is 11.4. The van der Waals surface area contributed by atoms with Crippen LogP contribution in [-0.4, -0.2) is 28.3 Å². The lowest BCUT2D eigenvalue weighted by Crippen LogP contribution is -2.27. The normalized spacial score (nSPS) is 14.9. The number of nitrogens with one attached hydrogen (secondary N) is 2. The lowest BCUT2D eigenvalue weighted by Gasteiger charge is -2.05. The fourth-order valence-electron chi connectivity index (χ4n) is 1.61. The Balaban J connectivity index is 1.70. The van der Waals surface area contributed by atoms with Crippen molar-refractivity contribution < 1.29 is 4.79 Å². The van der Waals surface area contributed by atoms with Crippen molar-refractivity contribution in [1.82, 2.24) is 15.1 Å². The number of aromatic nitrogens is 2. The van der Waals surface area contributed by atoms with Crippen LogP contribution in [0.25, 0.3) is 0 Å². The van der Waals surface area contributed by atoms with Gasteiger partial charge in [0.25, 0.3) is 0 Å². The third kappa shape index (κ3) is 2.98. The number of nitrogens with zero attached hydrogens (tertiary/aromatic N) is 2. The monoisotopic (exact) mass is 222 g/mol. The Morgan fingerprint density at radius 3 is 2.94 bits per heavy atom. The molecular weight excluding hydrogens is 204 g/mol. The summed E-state index contributed by atoms with van der Waals surface area (Å²) in [5.41, 5.74) is 1.96. The van der Waals surface area contributed by atoms with E-state index in [-0.39, 0.29) is 5.91 Å². The summed E-state index contributed by atoms with van der Waals surface area (Å²) in [4.78, 5) is 11.4. The molecule has 1 saturated carbocycles. The number of hydrogen-bond donors (Lipinski definition) is 2. The molecule has 0 radical (unpaired) electrons. The first-order chi connectivity index (χ1) is 7.65. The number of anilines is 1. The Labute approximate surface area is 95.2 Å². The summed E-state index contributed by atoms with van der Waals surface area (Å²) in [6.45, 7) is 2.61. The van der Waals surface area contributed by atoms with Crippen molar-refractivity contribution in [3.8, 4) is 0 Å². The smallest absolute Gasteiger partial charge is 0.221 e. The molecule has 5 heteroatoms. The van der Waals surface area contributed by atoms with Crippen LogP contribution in [-0.2, 0) is 11.8 Å². The fraction of sp³-hybridized carbons (Fsp3) is 0.636. The van der Waals surface area contributed by atoms with Crippen LogP contribution in [0.4, 0.5) is 5.69 Å². The molecule has 16 heavy (non-hydrogen) atoms. The summed E-state index contributed by atoms with van der Waals surface area (Å²) in [5.74, 6) is 0.136. The highest BCUT2D eigenvalue weighted by Crippen LogP contribution is 2.18. The second-order valence-electron chi connectivity index (χ2n) is 4.32. The van der Waals surface area contributed by atoms with Gasteiger partial charge in [-0.05, 0) is 19.8 Å². The lowest BCUT2D eigenvalue weighted by molar-refractivity contribution is -0.120. The van der Waals surface area contributed by atoms with E-state index in [2.05, 4.69) is 15.7 Å². The van der Waals surface area contributed by atoms with Gasteiger partial charge >= 0.3 is 0 Å². The molecular formula is C11H18N4O. The van der Waals surface area contributed by atoms with E-state index in [0.717, 1.165) is 24.2 Å². The molecule has 2 rings (SSSR count). The summed E-state index contributed by atoms with van der Waals surface area (Å²) in [6, 6.07) is 0.452. The maximum absolute atomic E-state index is 11.4. The molecule has 0 aliphatic heterocycles. The topological polar surface area (TPSA) is 59.0 Å². The van der Waals surface area contributed by atoms with Crippen molar-refractivity contribution in [3.05, 3.63) is 11.9 Å². The highest BCUT2D eigenvalue weighted by atomic mass is 16.1. The molecule has 1 aromatic heterocycles. The zero-order valence-corrected chi connectivity index (χ0v) is 9.79. The van der Waals surface area contributed by atoms with Gasteiger partial charge in [0.1, 0.15) is 0 Å². The minimum Gasteiger partial charge on any atom is -0.382 e. The minimum absolute atomic E-state index is 0.136. The van der Waals surface area contributed by atoms with Crippen LogP contribution in [0.3, 0.4) is 0 Å². The fourth-order valence-corrected chi connectivity index (χ4v) is 1.61. The number of amides is 1. The summed E-state index contributed by atoms with van der Waals surface area (Å²) in [6.07, 6.45) is 4.72. The van der Waals surface area contributed by atoms with Crippen LogP contribution >= 0.6 is 0 Å². The maximum Gasteiger partial charge on any atom is 0.221 e. The van der Waals surface area contributed by atoms with Gasteiger partial charge in [-0.15, -0.1) is 0 Å².